The van der Waals surface area contributed by atoms with E-state index in [1.807, 2.05) is 13.3 Å². The minimum absolute atomic E-state index is 0.00522. The monoisotopic (exact) mass is 705 g/mol. The van der Waals surface area contributed by atoms with Crippen LogP contribution < -0.4 is 4.74 Å². The topological polar surface area (TPSA) is 22.1 Å². The number of allylic oxidation sites excluding steroid dienone is 2. The second kappa shape index (κ2) is 15.1. The van der Waals surface area contributed by atoms with Gasteiger partial charge in [-0.25, -0.2) is 0 Å². The Bertz CT molecular complexity index is 2130. The van der Waals surface area contributed by atoms with Crippen molar-refractivity contribution in [2.75, 3.05) is 7.11 Å². The van der Waals surface area contributed by atoms with Crippen molar-refractivity contribution in [3.8, 4) is 39.3 Å². The average Bonchev–Trinajstić information content (AvgIpc) is 3.09. The summed E-state index contributed by atoms with van der Waals surface area (Å²) in [5.41, 5.74) is 18.8. The fraction of sp³-hybridized carbons (Fsp3) is 0.392. The molecule has 5 aromatic rings. The number of hydrogen-bond donors (Lipinski definition) is 0. The van der Waals surface area contributed by atoms with Crippen LogP contribution in [-0.4, -0.2) is 12.1 Å². The van der Waals surface area contributed by atoms with E-state index in [-0.39, 0.29) is 16.2 Å². The van der Waals surface area contributed by atoms with Gasteiger partial charge in [0, 0.05) is 22.9 Å². The Labute approximate surface area is 321 Å². The minimum Gasteiger partial charge on any atom is -0.496 e. The van der Waals surface area contributed by atoms with Gasteiger partial charge in [0.1, 0.15) is 5.75 Å². The fourth-order valence-electron chi connectivity index (χ4n) is 7.52. The van der Waals surface area contributed by atoms with Crippen LogP contribution >= 0.6 is 0 Å². The first-order valence-corrected chi connectivity index (χ1v) is 19.4. The average molecular weight is 706 g/mol. The van der Waals surface area contributed by atoms with E-state index < -0.39 is 0 Å². The summed E-state index contributed by atoms with van der Waals surface area (Å²) < 4.78 is 6.30. The lowest BCUT2D eigenvalue weighted by atomic mass is 9.76. The van der Waals surface area contributed by atoms with Crippen molar-refractivity contribution < 1.29 is 4.74 Å². The molecule has 0 unspecified atom stereocenters. The van der Waals surface area contributed by atoms with Crippen LogP contribution in [0.4, 0.5) is 0 Å². The summed E-state index contributed by atoms with van der Waals surface area (Å²) in [6.45, 7) is 32.3. The van der Waals surface area contributed by atoms with Crippen LogP contribution in [0.15, 0.2) is 96.7 Å². The van der Waals surface area contributed by atoms with Gasteiger partial charge in [-0.1, -0.05) is 142 Å². The van der Waals surface area contributed by atoms with Gasteiger partial charge >= 0.3 is 0 Å². The molecule has 0 aliphatic carbocycles. The number of hydrogen-bond acceptors (Lipinski definition) is 2. The van der Waals surface area contributed by atoms with Crippen LogP contribution in [0, 0.1) is 19.8 Å². The van der Waals surface area contributed by atoms with Gasteiger partial charge in [0.25, 0.3) is 0 Å². The second-order valence-corrected chi connectivity index (χ2v) is 18.4. The molecule has 1 aromatic heterocycles. The summed E-state index contributed by atoms with van der Waals surface area (Å²) in [5.74, 6) is 1.33. The van der Waals surface area contributed by atoms with Crippen molar-refractivity contribution in [2.24, 2.45) is 5.92 Å². The molecule has 0 bridgehead atoms. The highest BCUT2D eigenvalue weighted by Gasteiger charge is 2.28. The molecule has 0 radical (unpaired) electrons. The highest BCUT2D eigenvalue weighted by Crippen LogP contribution is 2.44. The molecule has 0 aliphatic heterocycles. The predicted molar refractivity (Wildman–Crippen MR) is 230 cm³/mol. The summed E-state index contributed by atoms with van der Waals surface area (Å²) in [5, 5.41) is 0. The Balaban J connectivity index is 1.75. The highest BCUT2D eigenvalue weighted by atomic mass is 16.5. The van der Waals surface area contributed by atoms with Crippen molar-refractivity contribution in [3.63, 3.8) is 0 Å². The first-order chi connectivity index (χ1) is 24.7. The third-order valence-electron chi connectivity index (χ3n) is 11.0. The molecule has 0 atom stereocenters. The predicted octanol–water partition coefficient (Wildman–Crippen LogP) is 14.3. The van der Waals surface area contributed by atoms with E-state index in [0.29, 0.717) is 5.92 Å². The standard InChI is InChI=1S/C51H63NO/c1-32(2)41(34(4)45-29-39(50(9,10)11)30-46(48(45)53-15)51(12,13)14)31-42-33(3)20-19-23-40(42)43-27-38(49(6,7)8)28-44(35(43)5)47-26-37(24-25-52-47)36-21-17-16-18-22-36/h16-30,32H,31H2,1-15H3/b41-34-. The molecule has 0 saturated heterocycles. The molecular weight excluding hydrogens is 643 g/mol. The van der Waals surface area contributed by atoms with Crippen LogP contribution in [0.3, 0.4) is 0 Å². The van der Waals surface area contributed by atoms with Gasteiger partial charge in [-0.05, 0) is 129 Å². The SMILES string of the molecule is COc1c(/C(C)=C(/Cc2c(C)cccc2-c2cc(C(C)(C)C)cc(-c3cc(-c4ccccc4)ccn3)c2C)C(C)C)cc(C(C)(C)C)cc1C(C)(C)C. The quantitative estimate of drug-likeness (QED) is 0.160. The molecule has 53 heavy (non-hydrogen) atoms. The van der Waals surface area contributed by atoms with E-state index in [2.05, 4.69) is 182 Å². The van der Waals surface area contributed by atoms with E-state index in [1.54, 1.807) is 0 Å². The molecule has 4 aromatic carbocycles. The summed E-state index contributed by atoms with van der Waals surface area (Å²) in [6.07, 6.45) is 2.81. The largest absolute Gasteiger partial charge is 0.496 e. The highest BCUT2D eigenvalue weighted by molar-refractivity contribution is 5.83. The van der Waals surface area contributed by atoms with E-state index in [4.69, 9.17) is 9.72 Å². The van der Waals surface area contributed by atoms with Crippen molar-refractivity contribution in [3.05, 3.63) is 136 Å². The molecule has 1 heterocycles. The normalized spacial score (nSPS) is 13.0. The second-order valence-electron chi connectivity index (χ2n) is 18.4. The van der Waals surface area contributed by atoms with Crippen molar-refractivity contribution in [1.82, 2.24) is 4.98 Å². The van der Waals surface area contributed by atoms with Gasteiger partial charge in [-0.3, -0.25) is 4.98 Å². The van der Waals surface area contributed by atoms with E-state index in [9.17, 15) is 0 Å². The van der Waals surface area contributed by atoms with Crippen LogP contribution in [0.5, 0.6) is 5.75 Å². The maximum atomic E-state index is 6.30. The number of rotatable bonds is 8. The van der Waals surface area contributed by atoms with Gasteiger partial charge < -0.3 is 4.74 Å². The van der Waals surface area contributed by atoms with Gasteiger partial charge in [-0.2, -0.15) is 0 Å². The molecule has 2 heteroatoms. The zero-order valence-corrected chi connectivity index (χ0v) is 35.3. The summed E-state index contributed by atoms with van der Waals surface area (Å²) in [4.78, 5) is 4.97. The Morgan fingerprint density at radius 2 is 1.28 bits per heavy atom. The molecular formula is C51H63NO. The molecule has 0 spiro atoms. The van der Waals surface area contributed by atoms with Crippen LogP contribution in [0.1, 0.15) is 122 Å². The van der Waals surface area contributed by atoms with E-state index in [1.165, 1.54) is 77.9 Å². The third kappa shape index (κ3) is 8.54. The maximum Gasteiger partial charge on any atom is 0.130 e. The number of benzene rings is 4. The lowest BCUT2D eigenvalue weighted by Gasteiger charge is -2.30. The fourth-order valence-corrected chi connectivity index (χ4v) is 7.52. The zero-order chi connectivity index (χ0) is 39.0. The van der Waals surface area contributed by atoms with Crippen LogP contribution in [-0.2, 0) is 22.7 Å². The Kier molecular flexibility index (Phi) is 11.4. The molecule has 0 N–H and O–H groups in total. The number of nitrogens with zero attached hydrogens (tertiary/aromatic N) is 1. The number of ether oxygens (including phenoxy) is 1. The van der Waals surface area contributed by atoms with E-state index >= 15 is 0 Å². The Hall–Kier alpha value is -4.43. The summed E-state index contributed by atoms with van der Waals surface area (Å²) >= 11 is 0. The van der Waals surface area contributed by atoms with Gasteiger partial charge in [-0.15, -0.1) is 0 Å². The summed E-state index contributed by atoms with van der Waals surface area (Å²) in [6, 6.07) is 31.4. The lowest BCUT2D eigenvalue weighted by Crippen LogP contribution is -2.19. The minimum atomic E-state index is -0.0639. The Morgan fingerprint density at radius 3 is 1.87 bits per heavy atom. The molecule has 2 nitrogen and oxygen atoms in total. The Morgan fingerprint density at radius 1 is 0.660 bits per heavy atom. The van der Waals surface area contributed by atoms with Gasteiger partial charge in [0.2, 0.25) is 0 Å². The van der Waals surface area contributed by atoms with Crippen molar-refractivity contribution >= 4 is 5.57 Å². The first-order valence-electron chi connectivity index (χ1n) is 19.4. The molecule has 0 fully saturated rings. The van der Waals surface area contributed by atoms with E-state index in [0.717, 1.165) is 17.9 Å². The van der Waals surface area contributed by atoms with Crippen molar-refractivity contribution in [1.29, 1.82) is 0 Å². The molecule has 0 aliphatic rings. The number of pyridine rings is 1. The smallest absolute Gasteiger partial charge is 0.130 e. The van der Waals surface area contributed by atoms with Gasteiger partial charge in [0.05, 0.1) is 12.8 Å². The zero-order valence-electron chi connectivity index (χ0n) is 35.3. The van der Waals surface area contributed by atoms with Gasteiger partial charge in [0.15, 0.2) is 0 Å². The number of methoxy groups -OCH3 is 1. The third-order valence-corrected chi connectivity index (χ3v) is 11.0. The van der Waals surface area contributed by atoms with Crippen molar-refractivity contribution in [2.45, 2.75) is 120 Å². The maximum absolute atomic E-state index is 6.30. The lowest BCUT2D eigenvalue weighted by molar-refractivity contribution is 0.395. The van der Waals surface area contributed by atoms with Crippen LogP contribution in [0.25, 0.3) is 39.1 Å². The first kappa shape index (κ1) is 39.8. The number of aryl methyl sites for hydroxylation is 1. The molecule has 5 rings (SSSR count). The summed E-state index contributed by atoms with van der Waals surface area (Å²) in [7, 11) is 1.83. The molecule has 0 saturated carbocycles. The van der Waals surface area contributed by atoms with Crippen LogP contribution in [0.2, 0.25) is 0 Å². The molecule has 278 valence electrons. The number of aromatic nitrogens is 1. The molecule has 0 amide bonds.